The van der Waals surface area contributed by atoms with Gasteiger partial charge in [-0.3, -0.25) is 4.79 Å². The van der Waals surface area contributed by atoms with Crippen LogP contribution >= 0.6 is 0 Å². The zero-order valence-corrected chi connectivity index (χ0v) is 16.3. The van der Waals surface area contributed by atoms with Crippen LogP contribution in [0.1, 0.15) is 87.5 Å². The van der Waals surface area contributed by atoms with Crippen molar-refractivity contribution in [3.8, 4) is 0 Å². The van der Waals surface area contributed by atoms with Crippen molar-refractivity contribution in [3.05, 3.63) is 0 Å². The first kappa shape index (κ1) is 23.7. The fraction of sp³-hybridized carbons (Fsp3) is 0.947. The minimum atomic E-state index is 0.204. The van der Waals surface area contributed by atoms with E-state index in [9.17, 15) is 4.79 Å². The number of aliphatic hydroxyl groups is 1. The van der Waals surface area contributed by atoms with E-state index in [2.05, 4.69) is 60.7 Å². The van der Waals surface area contributed by atoms with E-state index in [1.807, 2.05) is 0 Å². The van der Waals surface area contributed by atoms with Crippen molar-refractivity contribution in [1.82, 2.24) is 5.32 Å². The molecule has 0 radical (unpaired) electrons. The van der Waals surface area contributed by atoms with Crippen molar-refractivity contribution in [2.75, 3.05) is 6.61 Å². The van der Waals surface area contributed by atoms with Gasteiger partial charge in [0.1, 0.15) is 0 Å². The summed E-state index contributed by atoms with van der Waals surface area (Å²) in [6.45, 7) is 17.5. The molecule has 0 aliphatic carbocycles. The van der Waals surface area contributed by atoms with Gasteiger partial charge in [-0.1, -0.05) is 61.8 Å². The van der Waals surface area contributed by atoms with E-state index in [-0.39, 0.29) is 5.91 Å². The number of carbonyl (C=O) groups excluding carboxylic acids is 1. The number of hydrogen-bond acceptors (Lipinski definition) is 2. The molecule has 1 amide bonds. The molecule has 0 aromatic heterocycles. The number of amides is 1. The Labute approximate surface area is 139 Å². The van der Waals surface area contributed by atoms with Gasteiger partial charge in [-0.25, -0.2) is 0 Å². The summed E-state index contributed by atoms with van der Waals surface area (Å²) in [5, 5.41) is 11.7. The van der Waals surface area contributed by atoms with Crippen LogP contribution in [0.3, 0.4) is 0 Å². The lowest BCUT2D eigenvalue weighted by Gasteiger charge is -2.27. The molecule has 0 saturated heterocycles. The van der Waals surface area contributed by atoms with Crippen molar-refractivity contribution < 1.29 is 9.90 Å². The molecular weight excluding hydrogens is 274 g/mol. The third-order valence-electron chi connectivity index (χ3n) is 4.41. The molecule has 0 bridgehead atoms. The van der Waals surface area contributed by atoms with Crippen molar-refractivity contribution in [1.29, 1.82) is 0 Å². The fourth-order valence-electron chi connectivity index (χ4n) is 1.96. The molecular formula is C19H41NO2. The Morgan fingerprint density at radius 3 is 1.95 bits per heavy atom. The zero-order chi connectivity index (χ0) is 17.8. The first-order chi connectivity index (χ1) is 10.1. The maximum Gasteiger partial charge on any atom is 0.220 e. The number of carbonyl (C=O) groups is 1. The average molecular weight is 316 g/mol. The Morgan fingerprint density at radius 2 is 1.68 bits per heavy atom. The molecule has 1 atom stereocenters. The molecule has 0 saturated carbocycles. The zero-order valence-electron chi connectivity index (χ0n) is 16.3. The standard InChI is InChI=1S/C11H23NO.C8H18O/c1-5-7-10(6-2)12-11(13)8-9(3)4;1-7(2)8(3,4)5-6-9/h9-10H,5-8H2,1-4H3,(H,12,13);7,9H,5-6H2,1-4H3. The van der Waals surface area contributed by atoms with Crippen LogP contribution in [0.2, 0.25) is 0 Å². The Morgan fingerprint density at radius 1 is 1.14 bits per heavy atom. The van der Waals surface area contributed by atoms with Crippen LogP contribution in [0.25, 0.3) is 0 Å². The minimum absolute atomic E-state index is 0.204. The summed E-state index contributed by atoms with van der Waals surface area (Å²) in [4.78, 5) is 11.4. The lowest BCUT2D eigenvalue weighted by atomic mass is 9.79. The SMILES string of the molecule is CC(C)C(C)(C)CCO.CCCC(CC)NC(=O)CC(C)C. The van der Waals surface area contributed by atoms with Crippen molar-refractivity contribution >= 4 is 5.91 Å². The molecule has 0 aromatic rings. The van der Waals surface area contributed by atoms with Crippen LogP contribution in [0, 0.1) is 17.3 Å². The summed E-state index contributed by atoms with van der Waals surface area (Å²) in [5.74, 6) is 1.32. The second-order valence-corrected chi connectivity index (χ2v) is 7.68. The van der Waals surface area contributed by atoms with E-state index in [0.717, 1.165) is 25.7 Å². The molecule has 0 aliphatic rings. The third kappa shape index (κ3) is 13.1. The molecule has 0 fully saturated rings. The normalized spacial score (nSPS) is 12.9. The molecule has 134 valence electrons. The van der Waals surface area contributed by atoms with Crippen LogP contribution in [0.5, 0.6) is 0 Å². The third-order valence-corrected chi connectivity index (χ3v) is 4.41. The molecule has 0 aromatic carbocycles. The minimum Gasteiger partial charge on any atom is -0.396 e. The smallest absolute Gasteiger partial charge is 0.220 e. The van der Waals surface area contributed by atoms with Gasteiger partial charge in [-0.2, -0.15) is 0 Å². The van der Waals surface area contributed by atoms with Gasteiger partial charge in [0.05, 0.1) is 0 Å². The Bertz CT molecular complexity index is 273. The van der Waals surface area contributed by atoms with E-state index in [0.29, 0.717) is 36.3 Å². The van der Waals surface area contributed by atoms with Gasteiger partial charge in [0.25, 0.3) is 0 Å². The maximum absolute atomic E-state index is 11.4. The summed E-state index contributed by atoms with van der Waals surface area (Å²) in [6, 6.07) is 0.385. The van der Waals surface area contributed by atoms with Crippen LogP contribution < -0.4 is 5.32 Å². The van der Waals surface area contributed by atoms with E-state index in [4.69, 9.17) is 5.11 Å². The Hall–Kier alpha value is -0.570. The fourth-order valence-corrected chi connectivity index (χ4v) is 1.96. The second-order valence-electron chi connectivity index (χ2n) is 7.68. The lowest BCUT2D eigenvalue weighted by Crippen LogP contribution is -2.34. The summed E-state index contributed by atoms with van der Waals surface area (Å²) < 4.78 is 0. The molecule has 0 heterocycles. The predicted octanol–water partition coefficient (Wildman–Crippen LogP) is 4.78. The highest BCUT2D eigenvalue weighted by atomic mass is 16.3. The van der Waals surface area contributed by atoms with E-state index >= 15 is 0 Å². The molecule has 1 unspecified atom stereocenters. The van der Waals surface area contributed by atoms with E-state index in [1.165, 1.54) is 0 Å². The maximum atomic E-state index is 11.4. The van der Waals surface area contributed by atoms with E-state index in [1.54, 1.807) is 0 Å². The van der Waals surface area contributed by atoms with Crippen molar-refractivity contribution in [3.63, 3.8) is 0 Å². The van der Waals surface area contributed by atoms with Gasteiger partial charge in [0, 0.05) is 19.1 Å². The Kier molecular flexibility index (Phi) is 13.9. The largest absolute Gasteiger partial charge is 0.396 e. The monoisotopic (exact) mass is 315 g/mol. The van der Waals surface area contributed by atoms with Crippen molar-refractivity contribution in [2.45, 2.75) is 93.5 Å². The number of rotatable bonds is 9. The van der Waals surface area contributed by atoms with Crippen molar-refractivity contribution in [2.24, 2.45) is 17.3 Å². The quantitative estimate of drug-likeness (QED) is 0.643. The van der Waals surface area contributed by atoms with E-state index < -0.39 is 0 Å². The van der Waals surface area contributed by atoms with Gasteiger partial charge < -0.3 is 10.4 Å². The van der Waals surface area contributed by atoms with Crippen LogP contribution in [0.4, 0.5) is 0 Å². The Balaban J connectivity index is 0. The predicted molar refractivity (Wildman–Crippen MR) is 96.9 cm³/mol. The summed E-state index contributed by atoms with van der Waals surface area (Å²) in [5.41, 5.74) is 0.300. The highest BCUT2D eigenvalue weighted by molar-refractivity contribution is 5.76. The van der Waals surface area contributed by atoms with Gasteiger partial charge in [-0.15, -0.1) is 0 Å². The molecule has 0 rings (SSSR count). The number of hydrogen-bond donors (Lipinski definition) is 2. The molecule has 0 spiro atoms. The summed E-state index contributed by atoms with van der Waals surface area (Å²) >= 11 is 0. The number of aliphatic hydroxyl groups excluding tert-OH is 1. The van der Waals surface area contributed by atoms with Crippen LogP contribution in [0.15, 0.2) is 0 Å². The highest BCUT2D eigenvalue weighted by Crippen LogP contribution is 2.29. The van der Waals surface area contributed by atoms with Gasteiger partial charge in [0.2, 0.25) is 5.91 Å². The van der Waals surface area contributed by atoms with Crippen LogP contribution in [-0.4, -0.2) is 23.7 Å². The highest BCUT2D eigenvalue weighted by Gasteiger charge is 2.20. The first-order valence-corrected chi connectivity index (χ1v) is 9.00. The molecule has 3 heteroatoms. The second kappa shape index (κ2) is 12.9. The molecule has 2 N–H and O–H groups in total. The molecule has 22 heavy (non-hydrogen) atoms. The first-order valence-electron chi connectivity index (χ1n) is 9.00. The van der Waals surface area contributed by atoms with Gasteiger partial charge in [0.15, 0.2) is 0 Å². The summed E-state index contributed by atoms with van der Waals surface area (Å²) in [6.07, 6.45) is 4.84. The number of nitrogens with one attached hydrogen (secondary N) is 1. The average Bonchev–Trinajstić information content (AvgIpc) is 2.37. The summed E-state index contributed by atoms with van der Waals surface area (Å²) in [7, 11) is 0. The van der Waals surface area contributed by atoms with Gasteiger partial charge in [-0.05, 0) is 36.5 Å². The molecule has 0 aliphatic heterocycles. The topological polar surface area (TPSA) is 49.3 Å². The van der Waals surface area contributed by atoms with Gasteiger partial charge >= 0.3 is 0 Å². The molecule has 3 nitrogen and oxygen atoms in total. The lowest BCUT2D eigenvalue weighted by molar-refractivity contribution is -0.122. The van der Waals surface area contributed by atoms with Crippen LogP contribution in [-0.2, 0) is 4.79 Å².